The summed E-state index contributed by atoms with van der Waals surface area (Å²) in [5, 5.41) is 13.4. The number of carbonyl (C=O) groups is 7. The highest BCUT2D eigenvalue weighted by Crippen LogP contribution is 2.30. The van der Waals surface area contributed by atoms with Gasteiger partial charge in [-0.3, -0.25) is 24.0 Å². The molecule has 0 aromatic heterocycles. The standard InChI is InChI=1S/C47H65N5O10Si/c1-31(53)50-37(28-32-20-21-39(61-30-41(55)62-46(2,3)4)36(27-32)44(58)60-25-26-63(5,6)7)43(57)52-47(22-11-8-12-23-47)45(59)51-38(29-40(48)54)42(56)49-24-14-18-34-17-13-16-33-15-9-10-19-35(33)34/h9-10,13,15-17,19-21,27,37-38H,8,11-12,14,18,22-26,28-30H2,1-7H3,(H2,48,54)(H,49,56)(H,50,53)(H,51,59)(H,52,57)/t37-,38-/m0/s1. The van der Waals surface area contributed by atoms with Crippen LogP contribution in [0.4, 0.5) is 0 Å². The van der Waals surface area contributed by atoms with Crippen molar-refractivity contribution in [2.75, 3.05) is 19.8 Å². The predicted octanol–water partition coefficient (Wildman–Crippen LogP) is 5.03. The SMILES string of the molecule is CC(=O)N[C@@H](Cc1ccc(OCC(=O)OC(C)(C)C)c(C(=O)OCC[Si](C)(C)C)c1)C(=O)NC1(C(=O)N[C@@H](CC(N)=O)C(=O)NCCCc2cccc3ccccc23)CCCCC1. The van der Waals surface area contributed by atoms with Crippen molar-refractivity contribution in [3.05, 3.63) is 77.4 Å². The van der Waals surface area contributed by atoms with Gasteiger partial charge in [0.2, 0.25) is 29.5 Å². The van der Waals surface area contributed by atoms with Crippen molar-refractivity contribution in [1.82, 2.24) is 21.3 Å². The molecule has 0 heterocycles. The van der Waals surface area contributed by atoms with Crippen LogP contribution in [-0.4, -0.2) is 92.5 Å². The van der Waals surface area contributed by atoms with Gasteiger partial charge in [0.05, 0.1) is 13.0 Å². The summed E-state index contributed by atoms with van der Waals surface area (Å²) >= 11 is 0. The molecule has 0 spiro atoms. The average molecular weight is 888 g/mol. The third-order valence-corrected chi connectivity index (χ3v) is 12.3. The Kier molecular flexibility index (Phi) is 17.8. The summed E-state index contributed by atoms with van der Waals surface area (Å²) in [7, 11) is -1.56. The van der Waals surface area contributed by atoms with Crippen LogP contribution in [-0.2, 0) is 51.1 Å². The molecule has 0 bridgehead atoms. The van der Waals surface area contributed by atoms with E-state index in [2.05, 4.69) is 47.0 Å². The molecule has 15 nitrogen and oxygen atoms in total. The van der Waals surface area contributed by atoms with Gasteiger partial charge in [-0.2, -0.15) is 0 Å². The highest BCUT2D eigenvalue weighted by Gasteiger charge is 2.43. The first kappa shape index (κ1) is 49.9. The maximum Gasteiger partial charge on any atom is 0.344 e. The maximum absolute atomic E-state index is 14.2. The second kappa shape index (κ2) is 22.5. The van der Waals surface area contributed by atoms with Crippen LogP contribution < -0.4 is 31.7 Å². The molecule has 0 unspecified atom stereocenters. The Morgan fingerprint density at radius 3 is 2.22 bits per heavy atom. The molecule has 2 atom stereocenters. The Bertz CT molecular complexity index is 2120. The summed E-state index contributed by atoms with van der Waals surface area (Å²) in [4.78, 5) is 92.6. The van der Waals surface area contributed by atoms with E-state index in [0.29, 0.717) is 37.3 Å². The van der Waals surface area contributed by atoms with Crippen LogP contribution in [0.25, 0.3) is 10.8 Å². The lowest BCUT2D eigenvalue weighted by molar-refractivity contribution is -0.157. The average Bonchev–Trinajstić information content (AvgIpc) is 3.20. The highest BCUT2D eigenvalue weighted by molar-refractivity contribution is 6.76. The smallest absolute Gasteiger partial charge is 0.344 e. The Morgan fingerprint density at radius 1 is 0.857 bits per heavy atom. The van der Waals surface area contributed by atoms with Crippen LogP contribution in [0.1, 0.15) is 94.1 Å². The van der Waals surface area contributed by atoms with E-state index in [0.717, 1.165) is 22.8 Å². The first-order valence-electron chi connectivity index (χ1n) is 21.7. The number of nitrogens with two attached hydrogens (primary N) is 1. The van der Waals surface area contributed by atoms with Crippen LogP contribution in [0.15, 0.2) is 60.7 Å². The van der Waals surface area contributed by atoms with Gasteiger partial charge in [-0.15, -0.1) is 0 Å². The molecular formula is C47H65N5O10Si. The largest absolute Gasteiger partial charge is 0.481 e. The molecule has 1 saturated carbocycles. The lowest BCUT2D eigenvalue weighted by Crippen LogP contribution is -2.65. The Labute approximate surface area is 371 Å². The molecule has 5 amide bonds. The number of amides is 5. The first-order chi connectivity index (χ1) is 29.6. The van der Waals surface area contributed by atoms with Gasteiger partial charge < -0.3 is 41.2 Å². The molecule has 0 aliphatic heterocycles. The number of nitrogens with one attached hydrogen (secondary N) is 4. The lowest BCUT2D eigenvalue weighted by atomic mass is 9.80. The fraction of sp³-hybridized carbons (Fsp3) is 0.511. The number of benzene rings is 3. The number of fused-ring (bicyclic) bond motifs is 1. The molecule has 0 radical (unpaired) electrons. The van der Waals surface area contributed by atoms with Gasteiger partial charge in [-0.05, 0) is 86.5 Å². The first-order valence-corrected chi connectivity index (χ1v) is 25.4. The maximum atomic E-state index is 14.2. The van der Waals surface area contributed by atoms with Crippen molar-refractivity contribution in [3.8, 4) is 5.75 Å². The second-order valence-corrected chi connectivity index (χ2v) is 24.1. The molecule has 1 aliphatic carbocycles. The van der Waals surface area contributed by atoms with Gasteiger partial charge in [-0.1, -0.05) is 87.4 Å². The van der Waals surface area contributed by atoms with Gasteiger partial charge >= 0.3 is 11.9 Å². The molecule has 342 valence electrons. The zero-order chi connectivity index (χ0) is 46.4. The van der Waals surface area contributed by atoms with Crippen LogP contribution >= 0.6 is 0 Å². The van der Waals surface area contributed by atoms with Crippen molar-refractivity contribution in [2.45, 2.75) is 134 Å². The zero-order valence-corrected chi connectivity index (χ0v) is 38.8. The number of hydrogen-bond acceptors (Lipinski definition) is 10. The van der Waals surface area contributed by atoms with Gasteiger partial charge in [-0.25, -0.2) is 9.59 Å². The number of aryl methyl sites for hydroxylation is 1. The Morgan fingerprint density at radius 2 is 1.56 bits per heavy atom. The summed E-state index contributed by atoms with van der Waals surface area (Å²) in [5.74, 6) is -4.46. The number of rotatable bonds is 21. The van der Waals surface area contributed by atoms with Crippen molar-refractivity contribution in [3.63, 3.8) is 0 Å². The normalized spacial score (nSPS) is 14.7. The summed E-state index contributed by atoms with van der Waals surface area (Å²) in [6, 6.07) is 16.9. The van der Waals surface area contributed by atoms with E-state index in [1.165, 1.54) is 19.1 Å². The van der Waals surface area contributed by atoms with Crippen LogP contribution in [0, 0.1) is 0 Å². The predicted molar refractivity (Wildman–Crippen MR) is 243 cm³/mol. The molecule has 63 heavy (non-hydrogen) atoms. The minimum Gasteiger partial charge on any atom is -0.481 e. The van der Waals surface area contributed by atoms with E-state index < -0.39 is 85.8 Å². The monoisotopic (exact) mass is 887 g/mol. The topological polar surface area (TPSA) is 221 Å². The fourth-order valence-corrected chi connectivity index (χ4v) is 8.15. The third kappa shape index (κ3) is 16.1. The van der Waals surface area contributed by atoms with Crippen molar-refractivity contribution in [2.24, 2.45) is 5.73 Å². The summed E-state index contributed by atoms with van der Waals surface area (Å²) in [6.45, 7) is 12.9. The van der Waals surface area contributed by atoms with E-state index in [-0.39, 0.29) is 43.7 Å². The van der Waals surface area contributed by atoms with Gasteiger partial charge in [0.15, 0.2) is 6.61 Å². The minimum absolute atomic E-state index is 0.0177. The fourth-order valence-electron chi connectivity index (χ4n) is 7.43. The van der Waals surface area contributed by atoms with E-state index >= 15 is 0 Å². The molecular weight excluding hydrogens is 823 g/mol. The second-order valence-electron chi connectivity index (χ2n) is 18.5. The van der Waals surface area contributed by atoms with E-state index in [4.69, 9.17) is 19.9 Å². The summed E-state index contributed by atoms with van der Waals surface area (Å²) < 4.78 is 16.7. The highest BCUT2D eigenvalue weighted by atomic mass is 28.3. The molecule has 3 aromatic carbocycles. The number of carbonyl (C=O) groups excluding carboxylic acids is 7. The molecule has 4 rings (SSSR count). The molecule has 3 aromatic rings. The number of primary amides is 1. The third-order valence-electron chi connectivity index (χ3n) is 10.6. The van der Waals surface area contributed by atoms with Crippen LogP contribution in [0.2, 0.25) is 25.7 Å². The Balaban J connectivity index is 1.50. The van der Waals surface area contributed by atoms with E-state index in [9.17, 15) is 33.6 Å². The van der Waals surface area contributed by atoms with E-state index in [1.54, 1.807) is 26.8 Å². The summed E-state index contributed by atoms with van der Waals surface area (Å²) in [6.07, 6.45) is 3.20. The van der Waals surface area contributed by atoms with Crippen molar-refractivity contribution in [1.29, 1.82) is 0 Å². The molecule has 0 saturated heterocycles. The quantitative estimate of drug-likeness (QED) is 0.0546. The lowest BCUT2D eigenvalue weighted by Gasteiger charge is -2.38. The van der Waals surface area contributed by atoms with Gasteiger partial charge in [0.25, 0.3) is 0 Å². The minimum atomic E-state index is -1.56. The van der Waals surface area contributed by atoms with Crippen LogP contribution in [0.3, 0.4) is 0 Å². The number of esters is 2. The molecule has 6 N–H and O–H groups in total. The number of hydrogen-bond donors (Lipinski definition) is 5. The van der Waals surface area contributed by atoms with E-state index in [1.807, 2.05) is 36.4 Å². The van der Waals surface area contributed by atoms with Gasteiger partial charge in [0.1, 0.15) is 34.5 Å². The number of ether oxygens (including phenoxy) is 3. The molecule has 1 aliphatic rings. The van der Waals surface area contributed by atoms with Gasteiger partial charge in [0, 0.05) is 28.0 Å². The molecule has 16 heteroatoms. The molecule has 1 fully saturated rings. The Hall–Kier alpha value is -5.77. The zero-order valence-electron chi connectivity index (χ0n) is 37.8. The van der Waals surface area contributed by atoms with Crippen molar-refractivity contribution < 1.29 is 47.8 Å². The summed E-state index contributed by atoms with van der Waals surface area (Å²) in [5.41, 5.74) is 4.92. The van der Waals surface area contributed by atoms with Crippen LogP contribution in [0.5, 0.6) is 5.75 Å². The van der Waals surface area contributed by atoms with Crippen molar-refractivity contribution >= 4 is 60.3 Å².